The van der Waals surface area contributed by atoms with E-state index in [2.05, 4.69) is 22.4 Å². The summed E-state index contributed by atoms with van der Waals surface area (Å²) in [5, 5.41) is 10.8. The van der Waals surface area contributed by atoms with Gasteiger partial charge in [0, 0.05) is 13.3 Å². The lowest BCUT2D eigenvalue weighted by atomic mass is 10.1. The summed E-state index contributed by atoms with van der Waals surface area (Å²) in [7, 11) is 0. The van der Waals surface area contributed by atoms with E-state index in [4.69, 9.17) is 9.15 Å². The highest BCUT2D eigenvalue weighted by Crippen LogP contribution is 2.27. The molecular formula is C17H21N3O3. The second kappa shape index (κ2) is 6.91. The molecule has 3 rings (SSSR count). The quantitative estimate of drug-likeness (QED) is 0.915. The van der Waals surface area contributed by atoms with Crippen LogP contribution in [0.4, 0.5) is 5.69 Å². The molecular weight excluding hydrogens is 294 g/mol. The van der Waals surface area contributed by atoms with Crippen molar-refractivity contribution < 1.29 is 13.9 Å². The van der Waals surface area contributed by atoms with Crippen molar-refractivity contribution in [2.45, 2.75) is 51.7 Å². The Morgan fingerprint density at radius 3 is 2.83 bits per heavy atom. The molecule has 0 bridgehead atoms. The van der Waals surface area contributed by atoms with Gasteiger partial charge in [0.05, 0.1) is 23.5 Å². The molecule has 1 saturated heterocycles. The molecule has 1 aromatic heterocycles. The molecule has 1 fully saturated rings. The number of carbonyl (C=O) groups excluding carboxylic acids is 1. The van der Waals surface area contributed by atoms with E-state index in [1.165, 1.54) is 0 Å². The molecule has 0 saturated carbocycles. The predicted molar refractivity (Wildman–Crippen MR) is 85.9 cm³/mol. The Bertz CT molecular complexity index is 683. The standard InChI is InChI=1S/C17H21N3O3/c1-11-7-8-13(22-11)9-10-16(21)18-15-6-4-3-5-14(15)17-20-19-12(2)23-17/h3-6,11,13H,7-10H2,1-2H3,(H,18,21)/t11-,13-/m0/s1. The fourth-order valence-corrected chi connectivity index (χ4v) is 2.79. The zero-order valence-corrected chi connectivity index (χ0v) is 13.4. The summed E-state index contributed by atoms with van der Waals surface area (Å²) < 4.78 is 11.2. The van der Waals surface area contributed by atoms with Crippen LogP contribution in [-0.2, 0) is 9.53 Å². The Morgan fingerprint density at radius 1 is 1.30 bits per heavy atom. The Morgan fingerprint density at radius 2 is 2.13 bits per heavy atom. The van der Waals surface area contributed by atoms with Crippen LogP contribution in [0.25, 0.3) is 11.5 Å². The Labute approximate surface area is 135 Å². The van der Waals surface area contributed by atoms with Gasteiger partial charge >= 0.3 is 0 Å². The summed E-state index contributed by atoms with van der Waals surface area (Å²) >= 11 is 0. The lowest BCUT2D eigenvalue weighted by Gasteiger charge is -2.12. The van der Waals surface area contributed by atoms with Gasteiger partial charge in [0.1, 0.15) is 0 Å². The monoisotopic (exact) mass is 315 g/mol. The second-order valence-electron chi connectivity index (χ2n) is 5.90. The minimum Gasteiger partial charge on any atom is -0.421 e. The van der Waals surface area contributed by atoms with Crippen molar-refractivity contribution in [1.82, 2.24) is 10.2 Å². The van der Waals surface area contributed by atoms with E-state index in [9.17, 15) is 4.79 Å². The highest BCUT2D eigenvalue weighted by atomic mass is 16.5. The third kappa shape index (κ3) is 3.96. The van der Waals surface area contributed by atoms with E-state index in [1.54, 1.807) is 6.92 Å². The molecule has 2 heterocycles. The number of aromatic nitrogens is 2. The topological polar surface area (TPSA) is 77.2 Å². The molecule has 6 nitrogen and oxygen atoms in total. The van der Waals surface area contributed by atoms with Crippen molar-refractivity contribution in [3.05, 3.63) is 30.2 Å². The fourth-order valence-electron chi connectivity index (χ4n) is 2.79. The van der Waals surface area contributed by atoms with Crippen LogP contribution in [-0.4, -0.2) is 28.3 Å². The first kappa shape index (κ1) is 15.7. The molecule has 122 valence electrons. The first-order valence-electron chi connectivity index (χ1n) is 7.96. The van der Waals surface area contributed by atoms with Crippen molar-refractivity contribution in [3.63, 3.8) is 0 Å². The van der Waals surface area contributed by atoms with Crippen LogP contribution < -0.4 is 5.32 Å². The summed E-state index contributed by atoms with van der Waals surface area (Å²) in [4.78, 5) is 12.2. The molecule has 1 N–H and O–H groups in total. The number of nitrogens with zero attached hydrogens (tertiary/aromatic N) is 2. The molecule has 0 radical (unpaired) electrons. The van der Waals surface area contributed by atoms with Crippen molar-refractivity contribution >= 4 is 11.6 Å². The van der Waals surface area contributed by atoms with Crippen LogP contribution in [0.5, 0.6) is 0 Å². The zero-order chi connectivity index (χ0) is 16.2. The van der Waals surface area contributed by atoms with Crippen molar-refractivity contribution in [1.29, 1.82) is 0 Å². The molecule has 0 aliphatic carbocycles. The number of benzene rings is 1. The minimum atomic E-state index is -0.0307. The Balaban J connectivity index is 1.62. The molecule has 1 aromatic carbocycles. The predicted octanol–water partition coefficient (Wildman–Crippen LogP) is 3.33. The molecule has 1 aliphatic heterocycles. The highest BCUT2D eigenvalue weighted by molar-refractivity contribution is 5.94. The van der Waals surface area contributed by atoms with Gasteiger partial charge in [-0.15, -0.1) is 10.2 Å². The number of hydrogen-bond donors (Lipinski definition) is 1. The number of anilines is 1. The smallest absolute Gasteiger partial charge is 0.249 e. The summed E-state index contributed by atoms with van der Waals surface area (Å²) in [5.41, 5.74) is 1.41. The van der Waals surface area contributed by atoms with Gasteiger partial charge in [0.2, 0.25) is 17.7 Å². The van der Waals surface area contributed by atoms with E-state index in [1.807, 2.05) is 24.3 Å². The lowest BCUT2D eigenvalue weighted by Crippen LogP contribution is -2.16. The van der Waals surface area contributed by atoms with E-state index >= 15 is 0 Å². The van der Waals surface area contributed by atoms with Gasteiger partial charge in [0.15, 0.2) is 0 Å². The Hall–Kier alpha value is -2.21. The lowest BCUT2D eigenvalue weighted by molar-refractivity contribution is -0.116. The van der Waals surface area contributed by atoms with Crippen molar-refractivity contribution in [3.8, 4) is 11.5 Å². The van der Waals surface area contributed by atoms with Crippen LogP contribution in [0.1, 0.15) is 38.5 Å². The first-order chi connectivity index (χ1) is 11.1. The third-order valence-corrected chi connectivity index (χ3v) is 3.97. The molecule has 1 amide bonds. The van der Waals surface area contributed by atoms with Crippen molar-refractivity contribution in [2.24, 2.45) is 0 Å². The number of hydrogen-bond acceptors (Lipinski definition) is 5. The van der Waals surface area contributed by atoms with Gasteiger partial charge in [-0.05, 0) is 38.3 Å². The van der Waals surface area contributed by atoms with Gasteiger partial charge in [-0.25, -0.2) is 0 Å². The molecule has 1 aliphatic rings. The van der Waals surface area contributed by atoms with Gasteiger partial charge < -0.3 is 14.5 Å². The summed E-state index contributed by atoms with van der Waals surface area (Å²) in [6, 6.07) is 7.42. The van der Waals surface area contributed by atoms with Crippen LogP contribution in [0.2, 0.25) is 0 Å². The number of para-hydroxylation sites is 1. The number of carbonyl (C=O) groups is 1. The maximum absolute atomic E-state index is 12.2. The normalized spacial score (nSPS) is 20.6. The maximum Gasteiger partial charge on any atom is 0.249 e. The van der Waals surface area contributed by atoms with E-state index in [0.29, 0.717) is 30.0 Å². The van der Waals surface area contributed by atoms with Gasteiger partial charge in [-0.2, -0.15) is 0 Å². The fraction of sp³-hybridized carbons (Fsp3) is 0.471. The van der Waals surface area contributed by atoms with Gasteiger partial charge in [-0.3, -0.25) is 4.79 Å². The highest BCUT2D eigenvalue weighted by Gasteiger charge is 2.22. The average molecular weight is 315 g/mol. The third-order valence-electron chi connectivity index (χ3n) is 3.97. The number of amides is 1. The Kier molecular flexibility index (Phi) is 4.71. The van der Waals surface area contributed by atoms with E-state index < -0.39 is 0 Å². The summed E-state index contributed by atoms with van der Waals surface area (Å²) in [6.07, 6.45) is 3.80. The number of nitrogens with one attached hydrogen (secondary N) is 1. The first-order valence-corrected chi connectivity index (χ1v) is 7.96. The average Bonchev–Trinajstić information content (AvgIpc) is 3.14. The zero-order valence-electron chi connectivity index (χ0n) is 13.4. The van der Waals surface area contributed by atoms with Crippen molar-refractivity contribution in [2.75, 3.05) is 5.32 Å². The summed E-state index contributed by atoms with van der Waals surface area (Å²) in [5.74, 6) is 0.872. The largest absolute Gasteiger partial charge is 0.421 e. The van der Waals surface area contributed by atoms with Crippen LogP contribution in [0.3, 0.4) is 0 Å². The number of ether oxygens (including phenoxy) is 1. The molecule has 23 heavy (non-hydrogen) atoms. The molecule has 2 aromatic rings. The summed E-state index contributed by atoms with van der Waals surface area (Å²) in [6.45, 7) is 3.81. The molecule has 0 unspecified atom stereocenters. The van der Waals surface area contributed by atoms with Crippen LogP contribution in [0.15, 0.2) is 28.7 Å². The second-order valence-corrected chi connectivity index (χ2v) is 5.90. The van der Waals surface area contributed by atoms with Gasteiger partial charge in [-0.1, -0.05) is 12.1 Å². The number of aryl methyl sites for hydroxylation is 1. The van der Waals surface area contributed by atoms with Gasteiger partial charge in [0.25, 0.3) is 0 Å². The van der Waals surface area contributed by atoms with Crippen LogP contribution in [0, 0.1) is 6.92 Å². The van der Waals surface area contributed by atoms with E-state index in [-0.39, 0.29) is 12.0 Å². The minimum absolute atomic E-state index is 0.0307. The maximum atomic E-state index is 12.2. The molecule has 0 spiro atoms. The SMILES string of the molecule is Cc1nnc(-c2ccccc2NC(=O)CC[C@@H]2CC[C@H](C)O2)o1. The number of rotatable bonds is 5. The van der Waals surface area contributed by atoms with Crippen LogP contribution >= 0.6 is 0 Å². The molecule has 2 atom stereocenters. The van der Waals surface area contributed by atoms with E-state index in [0.717, 1.165) is 24.8 Å². The molecule has 6 heteroatoms.